The van der Waals surface area contributed by atoms with Gasteiger partial charge in [-0.05, 0) is 18.8 Å². The van der Waals surface area contributed by atoms with E-state index in [-0.39, 0.29) is 11.8 Å². The minimum atomic E-state index is 0.184. The molecule has 1 N–H and O–H groups in total. The molecule has 4 rings (SSSR count). The SMILES string of the molecule is O=C1CCC(CN2CC(n3cc(N4CCCC4=O)cn3)C2)CN1. The Morgan fingerprint density at radius 2 is 2.13 bits per heavy atom. The highest BCUT2D eigenvalue weighted by Gasteiger charge is 2.32. The quantitative estimate of drug-likeness (QED) is 0.872. The number of anilines is 1. The zero-order valence-corrected chi connectivity index (χ0v) is 13.3. The first-order valence-electron chi connectivity index (χ1n) is 8.52. The largest absolute Gasteiger partial charge is 0.356 e. The molecular weight excluding hydrogens is 294 g/mol. The molecule has 2 amide bonds. The van der Waals surface area contributed by atoms with Crippen LogP contribution in [0.25, 0.3) is 0 Å². The second kappa shape index (κ2) is 5.96. The van der Waals surface area contributed by atoms with Crippen molar-refractivity contribution in [1.82, 2.24) is 20.0 Å². The smallest absolute Gasteiger partial charge is 0.227 e. The van der Waals surface area contributed by atoms with Crippen LogP contribution < -0.4 is 10.2 Å². The first-order chi connectivity index (χ1) is 11.2. The fourth-order valence-electron chi connectivity index (χ4n) is 3.75. The van der Waals surface area contributed by atoms with Gasteiger partial charge in [0.15, 0.2) is 0 Å². The highest BCUT2D eigenvalue weighted by atomic mass is 16.2. The van der Waals surface area contributed by atoms with Gasteiger partial charge in [-0.15, -0.1) is 0 Å². The van der Waals surface area contributed by atoms with Gasteiger partial charge in [-0.2, -0.15) is 5.10 Å². The van der Waals surface area contributed by atoms with E-state index in [9.17, 15) is 9.59 Å². The van der Waals surface area contributed by atoms with Crippen molar-refractivity contribution in [2.45, 2.75) is 31.7 Å². The number of piperidine rings is 1. The number of likely N-dealkylation sites (tertiary alicyclic amines) is 1. The molecule has 3 fully saturated rings. The van der Waals surface area contributed by atoms with Crippen LogP contribution in [0.1, 0.15) is 31.7 Å². The molecule has 23 heavy (non-hydrogen) atoms. The number of carbonyl (C=O) groups excluding carboxylic acids is 2. The molecule has 7 heteroatoms. The number of hydrogen-bond donors (Lipinski definition) is 1. The highest BCUT2D eigenvalue weighted by Crippen LogP contribution is 2.27. The number of aromatic nitrogens is 2. The Morgan fingerprint density at radius 1 is 1.26 bits per heavy atom. The molecule has 124 valence electrons. The summed E-state index contributed by atoms with van der Waals surface area (Å²) in [5.41, 5.74) is 0.931. The molecular formula is C16H23N5O2. The van der Waals surface area contributed by atoms with E-state index in [1.54, 1.807) is 0 Å². The van der Waals surface area contributed by atoms with Gasteiger partial charge in [0.25, 0.3) is 0 Å². The van der Waals surface area contributed by atoms with Gasteiger partial charge in [0.2, 0.25) is 11.8 Å². The molecule has 3 aliphatic heterocycles. The van der Waals surface area contributed by atoms with Crippen molar-refractivity contribution in [2.24, 2.45) is 5.92 Å². The predicted octanol–water partition coefficient (Wildman–Crippen LogP) is 0.393. The minimum Gasteiger partial charge on any atom is -0.356 e. The molecule has 3 saturated heterocycles. The van der Waals surface area contributed by atoms with Gasteiger partial charge in [-0.25, -0.2) is 0 Å². The van der Waals surface area contributed by atoms with Crippen LogP contribution in [0.3, 0.4) is 0 Å². The Balaban J connectivity index is 1.28. The van der Waals surface area contributed by atoms with Crippen molar-refractivity contribution >= 4 is 17.5 Å². The van der Waals surface area contributed by atoms with Crippen LogP contribution >= 0.6 is 0 Å². The predicted molar refractivity (Wildman–Crippen MR) is 85.0 cm³/mol. The van der Waals surface area contributed by atoms with Crippen molar-refractivity contribution in [3.63, 3.8) is 0 Å². The van der Waals surface area contributed by atoms with Gasteiger partial charge in [-0.1, -0.05) is 0 Å². The van der Waals surface area contributed by atoms with E-state index in [1.807, 2.05) is 22.0 Å². The van der Waals surface area contributed by atoms with E-state index >= 15 is 0 Å². The van der Waals surface area contributed by atoms with Crippen molar-refractivity contribution < 1.29 is 9.59 Å². The van der Waals surface area contributed by atoms with Gasteiger partial charge < -0.3 is 10.2 Å². The van der Waals surface area contributed by atoms with E-state index < -0.39 is 0 Å². The average molecular weight is 317 g/mol. The Kier molecular flexibility index (Phi) is 3.80. The van der Waals surface area contributed by atoms with E-state index in [0.29, 0.717) is 24.8 Å². The van der Waals surface area contributed by atoms with Gasteiger partial charge in [0.1, 0.15) is 0 Å². The Morgan fingerprint density at radius 3 is 2.83 bits per heavy atom. The van der Waals surface area contributed by atoms with E-state index in [0.717, 1.165) is 51.3 Å². The van der Waals surface area contributed by atoms with Crippen LogP contribution in [0.15, 0.2) is 12.4 Å². The lowest BCUT2D eigenvalue weighted by atomic mass is 9.96. The molecule has 4 heterocycles. The Labute approximate surface area is 135 Å². The molecule has 0 aromatic carbocycles. The van der Waals surface area contributed by atoms with Crippen molar-refractivity contribution in [2.75, 3.05) is 37.6 Å². The van der Waals surface area contributed by atoms with Crippen LogP contribution in [0.4, 0.5) is 5.69 Å². The molecule has 1 atom stereocenters. The van der Waals surface area contributed by atoms with E-state index in [4.69, 9.17) is 0 Å². The second-order valence-corrected chi connectivity index (χ2v) is 6.91. The molecule has 1 aromatic heterocycles. The number of nitrogens with zero attached hydrogens (tertiary/aromatic N) is 4. The summed E-state index contributed by atoms with van der Waals surface area (Å²) in [7, 11) is 0. The Bertz CT molecular complexity index is 597. The summed E-state index contributed by atoms with van der Waals surface area (Å²) >= 11 is 0. The lowest BCUT2D eigenvalue weighted by molar-refractivity contribution is -0.123. The number of hydrogen-bond acceptors (Lipinski definition) is 4. The van der Waals surface area contributed by atoms with E-state index in [2.05, 4.69) is 15.3 Å². The number of carbonyl (C=O) groups is 2. The summed E-state index contributed by atoms with van der Waals surface area (Å²) in [5, 5.41) is 7.39. The summed E-state index contributed by atoms with van der Waals surface area (Å²) in [4.78, 5) is 27.2. The molecule has 0 aliphatic carbocycles. The van der Waals surface area contributed by atoms with Gasteiger partial charge in [0, 0.05) is 51.8 Å². The fraction of sp³-hybridized carbons (Fsp3) is 0.688. The van der Waals surface area contributed by atoms with Crippen LogP contribution in [-0.2, 0) is 9.59 Å². The second-order valence-electron chi connectivity index (χ2n) is 6.91. The van der Waals surface area contributed by atoms with Crippen molar-refractivity contribution in [3.05, 3.63) is 12.4 Å². The molecule has 1 aromatic rings. The monoisotopic (exact) mass is 317 g/mol. The lowest BCUT2D eigenvalue weighted by Crippen LogP contribution is -2.51. The zero-order valence-electron chi connectivity index (χ0n) is 13.3. The lowest BCUT2D eigenvalue weighted by Gasteiger charge is -2.41. The van der Waals surface area contributed by atoms with Crippen LogP contribution in [0.5, 0.6) is 0 Å². The van der Waals surface area contributed by atoms with Crippen molar-refractivity contribution in [1.29, 1.82) is 0 Å². The van der Waals surface area contributed by atoms with Crippen molar-refractivity contribution in [3.8, 4) is 0 Å². The van der Waals surface area contributed by atoms with E-state index in [1.165, 1.54) is 0 Å². The molecule has 7 nitrogen and oxygen atoms in total. The molecule has 1 unspecified atom stereocenters. The van der Waals surface area contributed by atoms with Crippen LogP contribution in [-0.4, -0.2) is 59.2 Å². The zero-order chi connectivity index (χ0) is 15.8. The van der Waals surface area contributed by atoms with Crippen LogP contribution in [0.2, 0.25) is 0 Å². The van der Waals surface area contributed by atoms with Gasteiger partial charge >= 0.3 is 0 Å². The number of amides is 2. The third-order valence-electron chi connectivity index (χ3n) is 5.17. The maximum absolute atomic E-state index is 11.8. The first-order valence-corrected chi connectivity index (χ1v) is 8.52. The topological polar surface area (TPSA) is 70.5 Å². The highest BCUT2D eigenvalue weighted by molar-refractivity contribution is 5.95. The summed E-state index contributed by atoms with van der Waals surface area (Å²) in [6.45, 7) is 4.67. The average Bonchev–Trinajstić information content (AvgIpc) is 3.13. The third kappa shape index (κ3) is 2.97. The molecule has 0 saturated carbocycles. The van der Waals surface area contributed by atoms with Crippen LogP contribution in [0, 0.1) is 5.92 Å². The minimum absolute atomic E-state index is 0.184. The molecule has 0 radical (unpaired) electrons. The molecule has 0 spiro atoms. The normalized spacial score (nSPS) is 26.4. The van der Waals surface area contributed by atoms with Gasteiger partial charge in [-0.3, -0.25) is 19.2 Å². The Hall–Kier alpha value is -1.89. The summed E-state index contributed by atoms with van der Waals surface area (Å²) in [5.74, 6) is 0.964. The standard InChI is InChI=1S/C16H23N5O2/c22-15-4-3-12(6-17-15)8-19-9-14(10-19)21-11-13(7-18-21)20-5-1-2-16(20)23/h7,11-12,14H,1-6,8-10H2,(H,17,22). The number of nitrogens with one attached hydrogen (secondary N) is 1. The third-order valence-corrected chi connectivity index (χ3v) is 5.17. The summed E-state index contributed by atoms with van der Waals surface area (Å²) in [6, 6.07) is 0.402. The molecule has 0 bridgehead atoms. The maximum atomic E-state index is 11.8. The summed E-state index contributed by atoms with van der Waals surface area (Å²) < 4.78 is 2.00. The van der Waals surface area contributed by atoms with Gasteiger partial charge in [0.05, 0.1) is 17.9 Å². The maximum Gasteiger partial charge on any atom is 0.227 e. The first kappa shape index (κ1) is 14.7. The fourth-order valence-corrected chi connectivity index (χ4v) is 3.75. The molecule has 3 aliphatic rings. The summed E-state index contributed by atoms with van der Waals surface area (Å²) in [6.07, 6.45) is 7.07. The number of rotatable bonds is 4.